The van der Waals surface area contributed by atoms with Crippen molar-refractivity contribution in [2.45, 2.75) is 65.6 Å². The molecular formula is C25H34N2O3. The Hall–Kier alpha value is -2.82. The molecule has 0 aliphatic rings. The van der Waals surface area contributed by atoms with Crippen molar-refractivity contribution in [2.75, 3.05) is 6.61 Å². The third kappa shape index (κ3) is 6.61. The second-order valence-corrected chi connectivity index (χ2v) is 7.98. The molecule has 5 nitrogen and oxygen atoms in total. The predicted octanol–water partition coefficient (Wildman–Crippen LogP) is 4.52. The molecule has 2 atom stereocenters. The zero-order valence-corrected chi connectivity index (χ0v) is 18.7. The highest BCUT2D eigenvalue weighted by molar-refractivity contribution is 5.88. The Morgan fingerprint density at radius 3 is 2.23 bits per heavy atom. The van der Waals surface area contributed by atoms with Gasteiger partial charge in [-0.25, -0.2) is 0 Å². The summed E-state index contributed by atoms with van der Waals surface area (Å²) in [5, 5.41) is 2.97. The van der Waals surface area contributed by atoms with Gasteiger partial charge in [0.1, 0.15) is 11.8 Å². The molecule has 0 aromatic heterocycles. The van der Waals surface area contributed by atoms with Crippen LogP contribution >= 0.6 is 0 Å². The molecule has 0 unspecified atom stereocenters. The van der Waals surface area contributed by atoms with Gasteiger partial charge in [0, 0.05) is 12.6 Å². The molecule has 0 aliphatic carbocycles. The van der Waals surface area contributed by atoms with Crippen molar-refractivity contribution in [3.63, 3.8) is 0 Å². The van der Waals surface area contributed by atoms with Crippen LogP contribution in [0.5, 0.6) is 5.75 Å². The highest BCUT2D eigenvalue weighted by Crippen LogP contribution is 2.26. The van der Waals surface area contributed by atoms with E-state index in [0.717, 1.165) is 17.5 Å². The van der Waals surface area contributed by atoms with E-state index in [4.69, 9.17) is 4.74 Å². The van der Waals surface area contributed by atoms with Crippen molar-refractivity contribution in [3.05, 3.63) is 65.7 Å². The van der Waals surface area contributed by atoms with Crippen LogP contribution in [-0.2, 0) is 16.1 Å². The van der Waals surface area contributed by atoms with Crippen molar-refractivity contribution >= 4 is 11.8 Å². The van der Waals surface area contributed by atoms with Gasteiger partial charge in [0.2, 0.25) is 5.91 Å². The number of carbonyl (C=O) groups excluding carboxylic acids is 2. The van der Waals surface area contributed by atoms with Crippen molar-refractivity contribution in [2.24, 2.45) is 0 Å². The molecule has 2 aromatic carbocycles. The molecule has 0 radical (unpaired) electrons. The summed E-state index contributed by atoms with van der Waals surface area (Å²) in [6.45, 7) is 10.2. The summed E-state index contributed by atoms with van der Waals surface area (Å²) in [6.07, 6.45) is 0.834. The molecule has 0 saturated carbocycles. The Bertz CT molecular complexity index is 820. The molecule has 0 aliphatic heterocycles. The van der Waals surface area contributed by atoms with Gasteiger partial charge >= 0.3 is 0 Å². The Labute approximate surface area is 180 Å². The molecule has 0 fully saturated rings. The van der Waals surface area contributed by atoms with Crippen LogP contribution in [0.15, 0.2) is 54.6 Å². The van der Waals surface area contributed by atoms with Crippen LogP contribution in [0.2, 0.25) is 0 Å². The first-order valence-corrected chi connectivity index (χ1v) is 10.7. The third-order valence-corrected chi connectivity index (χ3v) is 5.26. The molecule has 2 aromatic rings. The lowest BCUT2D eigenvalue weighted by Crippen LogP contribution is -2.50. The summed E-state index contributed by atoms with van der Waals surface area (Å²) in [6, 6.07) is 16.9. The van der Waals surface area contributed by atoms with Crippen molar-refractivity contribution in [1.82, 2.24) is 10.2 Å². The molecule has 0 spiro atoms. The molecule has 2 rings (SSSR count). The Morgan fingerprint density at radius 1 is 0.967 bits per heavy atom. The van der Waals surface area contributed by atoms with E-state index in [2.05, 4.69) is 19.2 Å². The average Bonchev–Trinajstić information content (AvgIpc) is 2.75. The first-order valence-electron chi connectivity index (χ1n) is 10.7. The van der Waals surface area contributed by atoms with Crippen LogP contribution in [0, 0.1) is 0 Å². The highest BCUT2D eigenvalue weighted by Gasteiger charge is 2.27. The Kier molecular flexibility index (Phi) is 8.90. The SMILES string of the molecule is CC[C@@H](C)NC(=O)[C@@H](C)N(Cc1ccccc1)C(=O)COc1ccccc1C(C)C. The number of para-hydroxylation sites is 1. The Balaban J connectivity index is 2.16. The quantitative estimate of drug-likeness (QED) is 0.626. The zero-order chi connectivity index (χ0) is 22.1. The maximum absolute atomic E-state index is 13.1. The van der Waals surface area contributed by atoms with Gasteiger partial charge in [0.15, 0.2) is 6.61 Å². The fourth-order valence-electron chi connectivity index (χ4n) is 3.14. The number of benzene rings is 2. The van der Waals surface area contributed by atoms with Crippen molar-refractivity contribution < 1.29 is 14.3 Å². The van der Waals surface area contributed by atoms with E-state index in [9.17, 15) is 9.59 Å². The number of ether oxygens (including phenoxy) is 1. The second-order valence-electron chi connectivity index (χ2n) is 7.98. The fraction of sp³-hybridized carbons (Fsp3) is 0.440. The van der Waals surface area contributed by atoms with E-state index < -0.39 is 6.04 Å². The topological polar surface area (TPSA) is 58.6 Å². The van der Waals surface area contributed by atoms with E-state index in [1.54, 1.807) is 11.8 Å². The first kappa shape index (κ1) is 23.5. The highest BCUT2D eigenvalue weighted by atomic mass is 16.5. The van der Waals surface area contributed by atoms with Gasteiger partial charge in [-0.15, -0.1) is 0 Å². The standard InChI is InChI=1S/C25H34N2O3/c1-6-19(4)26-25(29)20(5)27(16-21-12-8-7-9-13-21)24(28)17-30-23-15-11-10-14-22(23)18(2)3/h7-15,18-20H,6,16-17H2,1-5H3,(H,26,29)/t19-,20-/m1/s1. The van der Waals surface area contributed by atoms with Crippen LogP contribution in [0.25, 0.3) is 0 Å². The molecule has 30 heavy (non-hydrogen) atoms. The lowest BCUT2D eigenvalue weighted by atomic mass is 10.0. The van der Waals surface area contributed by atoms with Crippen molar-refractivity contribution in [3.8, 4) is 5.75 Å². The van der Waals surface area contributed by atoms with Crippen LogP contribution in [-0.4, -0.2) is 35.4 Å². The average molecular weight is 411 g/mol. The number of rotatable bonds is 10. The number of hydrogen-bond acceptors (Lipinski definition) is 3. The molecule has 5 heteroatoms. The van der Waals surface area contributed by atoms with Crippen LogP contribution in [0.1, 0.15) is 58.1 Å². The monoisotopic (exact) mass is 410 g/mol. The van der Waals surface area contributed by atoms with Gasteiger partial charge in [-0.1, -0.05) is 69.3 Å². The zero-order valence-electron chi connectivity index (χ0n) is 18.7. The maximum Gasteiger partial charge on any atom is 0.261 e. The first-order chi connectivity index (χ1) is 14.3. The molecule has 0 heterocycles. The lowest BCUT2D eigenvalue weighted by molar-refractivity contribution is -0.142. The predicted molar refractivity (Wildman–Crippen MR) is 120 cm³/mol. The number of amides is 2. The number of carbonyl (C=O) groups is 2. The summed E-state index contributed by atoms with van der Waals surface area (Å²) < 4.78 is 5.89. The fourth-order valence-corrected chi connectivity index (χ4v) is 3.14. The summed E-state index contributed by atoms with van der Waals surface area (Å²) >= 11 is 0. The number of nitrogens with one attached hydrogen (secondary N) is 1. The van der Waals surface area contributed by atoms with Gasteiger partial charge in [-0.2, -0.15) is 0 Å². The minimum Gasteiger partial charge on any atom is -0.483 e. The molecule has 2 amide bonds. The smallest absolute Gasteiger partial charge is 0.261 e. The summed E-state index contributed by atoms with van der Waals surface area (Å²) in [5.74, 6) is 0.620. The molecular weight excluding hydrogens is 376 g/mol. The molecule has 0 saturated heterocycles. The second kappa shape index (κ2) is 11.4. The molecule has 0 bridgehead atoms. The van der Waals surface area contributed by atoms with Gasteiger partial charge < -0.3 is 15.0 Å². The normalized spacial score (nSPS) is 12.9. The van der Waals surface area contributed by atoms with E-state index >= 15 is 0 Å². The van der Waals surface area contributed by atoms with Gasteiger partial charge in [0.05, 0.1) is 0 Å². The molecule has 1 N–H and O–H groups in total. The number of hydrogen-bond donors (Lipinski definition) is 1. The van der Waals surface area contributed by atoms with Crippen LogP contribution < -0.4 is 10.1 Å². The summed E-state index contributed by atoms with van der Waals surface area (Å²) in [4.78, 5) is 27.4. The Morgan fingerprint density at radius 2 is 1.60 bits per heavy atom. The third-order valence-electron chi connectivity index (χ3n) is 5.26. The summed E-state index contributed by atoms with van der Waals surface area (Å²) in [7, 11) is 0. The summed E-state index contributed by atoms with van der Waals surface area (Å²) in [5.41, 5.74) is 2.03. The van der Waals surface area contributed by atoms with E-state index in [1.807, 2.05) is 68.4 Å². The van der Waals surface area contributed by atoms with Gasteiger partial charge in [-0.3, -0.25) is 9.59 Å². The lowest BCUT2D eigenvalue weighted by Gasteiger charge is -2.29. The van der Waals surface area contributed by atoms with E-state index in [0.29, 0.717) is 12.3 Å². The van der Waals surface area contributed by atoms with Crippen molar-refractivity contribution in [1.29, 1.82) is 0 Å². The van der Waals surface area contributed by atoms with Gasteiger partial charge in [-0.05, 0) is 43.4 Å². The van der Waals surface area contributed by atoms with Crippen LogP contribution in [0.3, 0.4) is 0 Å². The maximum atomic E-state index is 13.1. The van der Waals surface area contributed by atoms with Gasteiger partial charge in [0.25, 0.3) is 5.91 Å². The van der Waals surface area contributed by atoms with Crippen LogP contribution in [0.4, 0.5) is 0 Å². The van der Waals surface area contributed by atoms with E-state index in [-0.39, 0.29) is 30.4 Å². The minimum absolute atomic E-state index is 0.0581. The number of nitrogens with zero attached hydrogens (tertiary/aromatic N) is 1. The van der Waals surface area contributed by atoms with E-state index in [1.165, 1.54) is 0 Å². The largest absolute Gasteiger partial charge is 0.483 e. The minimum atomic E-state index is -0.601. The molecule has 162 valence electrons.